The lowest BCUT2D eigenvalue weighted by molar-refractivity contribution is 0.168. The van der Waals surface area contributed by atoms with E-state index in [1.165, 1.54) is 5.56 Å². The van der Waals surface area contributed by atoms with Crippen molar-refractivity contribution in [2.24, 2.45) is 0 Å². The van der Waals surface area contributed by atoms with Crippen molar-refractivity contribution in [3.63, 3.8) is 0 Å². The normalized spacial score (nSPS) is 14.3. The molecule has 0 saturated carbocycles. The first-order valence-corrected chi connectivity index (χ1v) is 6.55. The topological polar surface area (TPSA) is 39.1 Å². The molecule has 1 aromatic heterocycles. The molecular weight excluding hydrogens is 238 g/mol. The fraction of sp³-hybridized carbons (Fsp3) is 0.400. The quantitative estimate of drug-likeness (QED) is 0.866. The number of ether oxygens (including phenoxy) is 1. The van der Waals surface area contributed by atoms with E-state index in [-0.39, 0.29) is 6.04 Å². The molecule has 1 N–H and O–H groups in total. The summed E-state index contributed by atoms with van der Waals surface area (Å²) >= 11 is 0. The summed E-state index contributed by atoms with van der Waals surface area (Å²) in [4.78, 5) is 0. The van der Waals surface area contributed by atoms with Crippen LogP contribution in [-0.4, -0.2) is 29.5 Å². The molecule has 2 atom stereocenters. The SMILES string of the molecule is COCC(C)NC(C)c1cnn(-c2ccccc2)c1. The minimum absolute atomic E-state index is 0.252. The molecule has 102 valence electrons. The molecule has 0 aliphatic carbocycles. The van der Waals surface area contributed by atoms with Crippen molar-refractivity contribution in [2.45, 2.75) is 25.9 Å². The predicted molar refractivity (Wildman–Crippen MR) is 76.5 cm³/mol. The van der Waals surface area contributed by atoms with Crippen LogP contribution in [0.1, 0.15) is 25.5 Å². The first-order valence-electron chi connectivity index (χ1n) is 6.55. The molecule has 0 aliphatic rings. The third kappa shape index (κ3) is 3.66. The van der Waals surface area contributed by atoms with Crippen molar-refractivity contribution in [1.82, 2.24) is 15.1 Å². The molecule has 1 heterocycles. The fourth-order valence-corrected chi connectivity index (χ4v) is 2.10. The van der Waals surface area contributed by atoms with Crippen molar-refractivity contribution in [2.75, 3.05) is 13.7 Å². The Kier molecular flexibility index (Phi) is 4.71. The Morgan fingerprint density at radius 3 is 2.68 bits per heavy atom. The van der Waals surface area contributed by atoms with E-state index in [0.29, 0.717) is 12.6 Å². The average molecular weight is 259 g/mol. The van der Waals surface area contributed by atoms with E-state index in [4.69, 9.17) is 4.74 Å². The van der Waals surface area contributed by atoms with Gasteiger partial charge in [0.15, 0.2) is 0 Å². The average Bonchev–Trinajstić information content (AvgIpc) is 2.89. The molecule has 2 aromatic rings. The first-order chi connectivity index (χ1) is 9.20. The van der Waals surface area contributed by atoms with Crippen LogP contribution in [0.4, 0.5) is 0 Å². The Hall–Kier alpha value is -1.65. The van der Waals surface area contributed by atoms with Crippen LogP contribution in [-0.2, 0) is 4.74 Å². The summed E-state index contributed by atoms with van der Waals surface area (Å²) in [5.74, 6) is 0. The second-order valence-electron chi connectivity index (χ2n) is 4.80. The maximum Gasteiger partial charge on any atom is 0.0645 e. The van der Waals surface area contributed by atoms with Gasteiger partial charge in [-0.3, -0.25) is 0 Å². The number of hydrogen-bond donors (Lipinski definition) is 1. The summed E-state index contributed by atoms with van der Waals surface area (Å²) in [5.41, 5.74) is 2.25. The molecule has 0 spiro atoms. The Labute approximate surface area is 114 Å². The van der Waals surface area contributed by atoms with Crippen LogP contribution in [0.25, 0.3) is 5.69 Å². The van der Waals surface area contributed by atoms with E-state index < -0.39 is 0 Å². The number of benzene rings is 1. The third-order valence-corrected chi connectivity index (χ3v) is 3.07. The largest absolute Gasteiger partial charge is 0.383 e. The molecule has 0 amide bonds. The molecule has 0 saturated heterocycles. The molecule has 0 radical (unpaired) electrons. The van der Waals surface area contributed by atoms with E-state index in [1.54, 1.807) is 7.11 Å². The number of aromatic nitrogens is 2. The van der Waals surface area contributed by atoms with Gasteiger partial charge in [-0.2, -0.15) is 5.10 Å². The lowest BCUT2D eigenvalue weighted by atomic mass is 10.1. The molecule has 0 aliphatic heterocycles. The highest BCUT2D eigenvalue weighted by molar-refractivity contribution is 5.31. The zero-order valence-electron chi connectivity index (χ0n) is 11.7. The van der Waals surface area contributed by atoms with Crippen molar-refractivity contribution in [1.29, 1.82) is 0 Å². The molecule has 4 heteroatoms. The molecule has 19 heavy (non-hydrogen) atoms. The maximum absolute atomic E-state index is 5.13. The standard InChI is InChI=1S/C15H21N3O/c1-12(11-19-3)17-13(2)14-9-16-18(10-14)15-7-5-4-6-8-15/h4-10,12-13,17H,11H2,1-3H3. The van der Waals surface area contributed by atoms with Gasteiger partial charge < -0.3 is 10.1 Å². The molecule has 1 aromatic carbocycles. The van der Waals surface area contributed by atoms with E-state index in [2.05, 4.69) is 30.5 Å². The number of nitrogens with zero attached hydrogens (tertiary/aromatic N) is 2. The van der Waals surface area contributed by atoms with E-state index in [0.717, 1.165) is 5.69 Å². The van der Waals surface area contributed by atoms with Gasteiger partial charge in [-0.1, -0.05) is 18.2 Å². The van der Waals surface area contributed by atoms with E-state index >= 15 is 0 Å². The highest BCUT2D eigenvalue weighted by Crippen LogP contribution is 2.14. The lowest BCUT2D eigenvalue weighted by Gasteiger charge is -2.18. The van der Waals surface area contributed by atoms with Crippen molar-refractivity contribution >= 4 is 0 Å². The Morgan fingerprint density at radius 1 is 1.26 bits per heavy atom. The zero-order chi connectivity index (χ0) is 13.7. The first kappa shape index (κ1) is 13.8. The van der Waals surface area contributed by atoms with Crippen molar-refractivity contribution in [3.8, 4) is 5.69 Å². The van der Waals surface area contributed by atoms with E-state index in [9.17, 15) is 0 Å². The minimum Gasteiger partial charge on any atom is -0.383 e. The van der Waals surface area contributed by atoms with Crippen LogP contribution in [0.3, 0.4) is 0 Å². The smallest absolute Gasteiger partial charge is 0.0645 e. The third-order valence-electron chi connectivity index (χ3n) is 3.07. The summed E-state index contributed by atoms with van der Waals surface area (Å²) in [5, 5.41) is 7.89. The van der Waals surface area contributed by atoms with Crippen LogP contribution in [0.2, 0.25) is 0 Å². The molecule has 2 unspecified atom stereocenters. The predicted octanol–water partition coefficient (Wildman–Crippen LogP) is 2.56. The van der Waals surface area contributed by atoms with Gasteiger partial charge in [0.05, 0.1) is 18.5 Å². The number of para-hydroxylation sites is 1. The second-order valence-corrected chi connectivity index (χ2v) is 4.80. The molecular formula is C15H21N3O. The van der Waals surface area contributed by atoms with Gasteiger partial charge in [0.25, 0.3) is 0 Å². The molecule has 2 rings (SSSR count). The number of nitrogens with one attached hydrogen (secondary N) is 1. The van der Waals surface area contributed by atoms with Gasteiger partial charge in [0.2, 0.25) is 0 Å². The highest BCUT2D eigenvalue weighted by atomic mass is 16.5. The van der Waals surface area contributed by atoms with Crippen LogP contribution in [0.15, 0.2) is 42.7 Å². The monoisotopic (exact) mass is 259 g/mol. The van der Waals surface area contributed by atoms with Gasteiger partial charge in [0, 0.05) is 31.0 Å². The van der Waals surface area contributed by atoms with Gasteiger partial charge in [0.1, 0.15) is 0 Å². The van der Waals surface area contributed by atoms with Gasteiger partial charge in [-0.05, 0) is 26.0 Å². The molecule has 0 bridgehead atoms. The van der Waals surface area contributed by atoms with Gasteiger partial charge in [-0.25, -0.2) is 4.68 Å². The highest BCUT2D eigenvalue weighted by Gasteiger charge is 2.11. The number of methoxy groups -OCH3 is 1. The van der Waals surface area contributed by atoms with Crippen molar-refractivity contribution in [3.05, 3.63) is 48.3 Å². The lowest BCUT2D eigenvalue weighted by Crippen LogP contribution is -2.32. The summed E-state index contributed by atoms with van der Waals surface area (Å²) < 4.78 is 7.03. The van der Waals surface area contributed by atoms with Crippen LogP contribution < -0.4 is 5.32 Å². The molecule has 0 fully saturated rings. The van der Waals surface area contributed by atoms with Gasteiger partial charge in [-0.15, -0.1) is 0 Å². The second kappa shape index (κ2) is 6.50. The van der Waals surface area contributed by atoms with E-state index in [1.807, 2.05) is 41.2 Å². The summed E-state index contributed by atoms with van der Waals surface area (Å²) in [7, 11) is 1.72. The Balaban J connectivity index is 2.04. The molecule has 4 nitrogen and oxygen atoms in total. The van der Waals surface area contributed by atoms with Crippen molar-refractivity contribution < 1.29 is 4.74 Å². The minimum atomic E-state index is 0.252. The maximum atomic E-state index is 5.13. The van der Waals surface area contributed by atoms with Crippen LogP contribution in [0, 0.1) is 0 Å². The Bertz CT molecular complexity index is 495. The summed E-state index contributed by atoms with van der Waals surface area (Å²) in [6.45, 7) is 4.96. The number of rotatable bonds is 6. The fourth-order valence-electron chi connectivity index (χ4n) is 2.10. The summed E-state index contributed by atoms with van der Waals surface area (Å²) in [6, 6.07) is 10.7. The van der Waals surface area contributed by atoms with Gasteiger partial charge >= 0.3 is 0 Å². The zero-order valence-corrected chi connectivity index (χ0v) is 11.7. The van der Waals surface area contributed by atoms with Crippen LogP contribution >= 0.6 is 0 Å². The summed E-state index contributed by atoms with van der Waals surface area (Å²) in [6.07, 6.45) is 3.97. The Morgan fingerprint density at radius 2 is 2.00 bits per heavy atom. The number of hydrogen-bond acceptors (Lipinski definition) is 3. The van der Waals surface area contributed by atoms with Crippen LogP contribution in [0.5, 0.6) is 0 Å².